The molecule has 0 atom stereocenters. The number of halogens is 2. The van der Waals surface area contributed by atoms with E-state index in [1.807, 2.05) is 12.1 Å². The van der Waals surface area contributed by atoms with Gasteiger partial charge in [-0.15, -0.1) is 0 Å². The smallest absolute Gasteiger partial charge is 0.159 e. The largest absolute Gasteiger partial charge is 0.366 e. The Morgan fingerprint density at radius 3 is 2.76 bits per heavy atom. The van der Waals surface area contributed by atoms with Gasteiger partial charge in [0.15, 0.2) is 5.65 Å². The van der Waals surface area contributed by atoms with Crippen LogP contribution in [0.15, 0.2) is 36.5 Å². The van der Waals surface area contributed by atoms with Gasteiger partial charge < -0.3 is 15.5 Å². The van der Waals surface area contributed by atoms with Gasteiger partial charge in [0, 0.05) is 56.5 Å². The van der Waals surface area contributed by atoms with Crippen LogP contribution in [0.2, 0.25) is 0 Å². The summed E-state index contributed by atoms with van der Waals surface area (Å²) in [5.74, 6) is 0.421. The van der Waals surface area contributed by atoms with Gasteiger partial charge in [0.2, 0.25) is 0 Å². The van der Waals surface area contributed by atoms with Gasteiger partial charge in [-0.05, 0) is 6.07 Å². The maximum Gasteiger partial charge on any atom is 0.159 e. The Hall–Kier alpha value is -2.74. The highest BCUT2D eigenvalue weighted by Gasteiger charge is 2.15. The Bertz CT molecular complexity index is 888. The number of nitrogens with one attached hydrogen (secondary N) is 2. The fourth-order valence-electron chi connectivity index (χ4n) is 2.93. The van der Waals surface area contributed by atoms with Crippen molar-refractivity contribution in [1.82, 2.24) is 19.9 Å². The first-order chi connectivity index (χ1) is 12.2. The molecule has 1 fully saturated rings. The molecule has 4 rings (SSSR count). The van der Waals surface area contributed by atoms with E-state index >= 15 is 0 Å². The zero-order chi connectivity index (χ0) is 17.2. The van der Waals surface area contributed by atoms with Crippen molar-refractivity contribution in [2.75, 3.05) is 36.4 Å². The highest BCUT2D eigenvalue weighted by atomic mass is 19.1. The fourth-order valence-corrected chi connectivity index (χ4v) is 2.93. The van der Waals surface area contributed by atoms with Crippen LogP contribution in [0.3, 0.4) is 0 Å². The van der Waals surface area contributed by atoms with Crippen LogP contribution >= 0.6 is 0 Å². The highest BCUT2D eigenvalue weighted by molar-refractivity contribution is 5.58. The second-order valence-electron chi connectivity index (χ2n) is 5.93. The minimum atomic E-state index is -0.583. The molecule has 3 heterocycles. The average molecular weight is 344 g/mol. The molecule has 2 N–H and O–H groups in total. The molecule has 1 aromatic carbocycles. The molecule has 2 aromatic heterocycles. The van der Waals surface area contributed by atoms with Crippen LogP contribution in [0.25, 0.3) is 5.65 Å². The Kier molecular flexibility index (Phi) is 4.19. The Morgan fingerprint density at radius 2 is 1.96 bits per heavy atom. The predicted molar refractivity (Wildman–Crippen MR) is 91.8 cm³/mol. The molecule has 6 nitrogen and oxygen atoms in total. The van der Waals surface area contributed by atoms with Crippen LogP contribution < -0.4 is 15.5 Å². The maximum atomic E-state index is 13.8. The molecular formula is C17H18F2N6. The number of rotatable bonds is 4. The van der Waals surface area contributed by atoms with Crippen molar-refractivity contribution in [2.24, 2.45) is 0 Å². The number of anilines is 2. The van der Waals surface area contributed by atoms with Gasteiger partial charge in [0.1, 0.15) is 23.3 Å². The molecule has 0 unspecified atom stereocenters. The van der Waals surface area contributed by atoms with E-state index < -0.39 is 11.6 Å². The molecule has 1 saturated heterocycles. The number of aromatic nitrogens is 3. The third kappa shape index (κ3) is 3.25. The minimum absolute atomic E-state index is 0.228. The molecule has 3 aromatic rings. The van der Waals surface area contributed by atoms with Crippen molar-refractivity contribution in [3.8, 4) is 0 Å². The third-order valence-electron chi connectivity index (χ3n) is 4.26. The molecular weight excluding hydrogens is 326 g/mol. The molecule has 0 bridgehead atoms. The molecule has 0 amide bonds. The van der Waals surface area contributed by atoms with Crippen LogP contribution in [0.4, 0.5) is 20.4 Å². The lowest BCUT2D eigenvalue weighted by atomic mass is 10.2. The summed E-state index contributed by atoms with van der Waals surface area (Å²) in [7, 11) is 0. The summed E-state index contributed by atoms with van der Waals surface area (Å²) < 4.78 is 28.6. The Labute approximate surface area is 143 Å². The van der Waals surface area contributed by atoms with Crippen molar-refractivity contribution in [3.63, 3.8) is 0 Å². The topological polar surface area (TPSA) is 57.5 Å². The van der Waals surface area contributed by atoms with Gasteiger partial charge in [0.05, 0.1) is 6.20 Å². The van der Waals surface area contributed by atoms with E-state index in [2.05, 4.69) is 25.6 Å². The summed E-state index contributed by atoms with van der Waals surface area (Å²) in [5, 5.41) is 10.8. The molecule has 0 saturated carbocycles. The number of hydrogen-bond acceptors (Lipinski definition) is 5. The minimum Gasteiger partial charge on any atom is -0.366 e. The number of benzene rings is 1. The van der Waals surface area contributed by atoms with E-state index in [1.54, 1.807) is 10.7 Å². The lowest BCUT2D eigenvalue weighted by Crippen LogP contribution is -2.44. The number of nitrogens with zero attached hydrogens (tertiary/aromatic N) is 4. The average Bonchev–Trinajstić information content (AvgIpc) is 3.10. The second-order valence-corrected chi connectivity index (χ2v) is 5.93. The van der Waals surface area contributed by atoms with Crippen LogP contribution in [-0.2, 0) is 6.54 Å². The zero-order valence-electron chi connectivity index (χ0n) is 13.5. The maximum absolute atomic E-state index is 13.8. The van der Waals surface area contributed by atoms with E-state index in [9.17, 15) is 8.78 Å². The summed E-state index contributed by atoms with van der Waals surface area (Å²) in [6.07, 6.45) is 1.67. The number of piperazine rings is 1. The number of fused-ring (bicyclic) bond motifs is 1. The highest BCUT2D eigenvalue weighted by Crippen LogP contribution is 2.21. The van der Waals surface area contributed by atoms with Gasteiger partial charge >= 0.3 is 0 Å². The van der Waals surface area contributed by atoms with E-state index in [1.165, 1.54) is 12.1 Å². The quantitative estimate of drug-likeness (QED) is 0.758. The molecule has 0 spiro atoms. The van der Waals surface area contributed by atoms with Gasteiger partial charge in [-0.1, -0.05) is 6.07 Å². The van der Waals surface area contributed by atoms with E-state index in [4.69, 9.17) is 0 Å². The molecule has 25 heavy (non-hydrogen) atoms. The SMILES string of the molecule is Fc1ccc(CNc2cc(N3CCNCC3)nc3ccnn23)c(F)c1. The first-order valence-electron chi connectivity index (χ1n) is 8.19. The lowest BCUT2D eigenvalue weighted by molar-refractivity contribution is 0.574. The van der Waals surface area contributed by atoms with Crippen molar-refractivity contribution >= 4 is 17.3 Å². The second kappa shape index (κ2) is 6.64. The van der Waals surface area contributed by atoms with Crippen LogP contribution in [-0.4, -0.2) is 40.8 Å². The number of hydrogen-bond donors (Lipinski definition) is 2. The summed E-state index contributed by atoms with van der Waals surface area (Å²) >= 11 is 0. The van der Waals surface area contributed by atoms with Crippen LogP contribution in [0.1, 0.15) is 5.56 Å². The molecule has 0 radical (unpaired) electrons. The van der Waals surface area contributed by atoms with Crippen LogP contribution in [0, 0.1) is 11.6 Å². The van der Waals surface area contributed by atoms with Crippen LogP contribution in [0.5, 0.6) is 0 Å². The first kappa shape index (κ1) is 15.8. The van der Waals surface area contributed by atoms with Crippen molar-refractivity contribution < 1.29 is 8.78 Å². The summed E-state index contributed by atoms with van der Waals surface area (Å²) in [6, 6.07) is 7.32. The van der Waals surface area contributed by atoms with E-state index in [0.29, 0.717) is 11.4 Å². The standard InChI is InChI=1S/C17H18F2N6/c18-13-2-1-12(14(19)9-13)11-21-16-10-17(24-7-5-20-6-8-24)23-15-3-4-22-25(15)16/h1-4,9-10,20-21H,5-8,11H2. The van der Waals surface area contributed by atoms with E-state index in [-0.39, 0.29) is 6.54 Å². The molecule has 1 aliphatic rings. The van der Waals surface area contributed by atoms with Gasteiger partial charge in [-0.2, -0.15) is 9.61 Å². The summed E-state index contributed by atoms with van der Waals surface area (Å²) in [4.78, 5) is 6.84. The van der Waals surface area contributed by atoms with Gasteiger partial charge in [-0.3, -0.25) is 0 Å². The Morgan fingerprint density at radius 1 is 1.12 bits per heavy atom. The summed E-state index contributed by atoms with van der Waals surface area (Å²) in [5.41, 5.74) is 1.11. The van der Waals surface area contributed by atoms with Crippen molar-refractivity contribution in [1.29, 1.82) is 0 Å². The van der Waals surface area contributed by atoms with E-state index in [0.717, 1.165) is 43.7 Å². The first-order valence-corrected chi connectivity index (χ1v) is 8.19. The monoisotopic (exact) mass is 344 g/mol. The third-order valence-corrected chi connectivity index (χ3v) is 4.26. The van der Waals surface area contributed by atoms with Crippen molar-refractivity contribution in [3.05, 3.63) is 53.7 Å². The molecule has 0 aliphatic carbocycles. The zero-order valence-corrected chi connectivity index (χ0v) is 13.5. The van der Waals surface area contributed by atoms with Gasteiger partial charge in [-0.25, -0.2) is 13.8 Å². The van der Waals surface area contributed by atoms with Gasteiger partial charge in [0.25, 0.3) is 0 Å². The predicted octanol–water partition coefficient (Wildman–Crippen LogP) is 2.03. The molecule has 130 valence electrons. The summed E-state index contributed by atoms with van der Waals surface area (Å²) in [6.45, 7) is 3.81. The van der Waals surface area contributed by atoms with Crippen molar-refractivity contribution in [2.45, 2.75) is 6.54 Å². The Balaban J connectivity index is 1.62. The molecule has 8 heteroatoms. The fraction of sp³-hybridized carbons (Fsp3) is 0.294. The lowest BCUT2D eigenvalue weighted by Gasteiger charge is -2.28. The molecule has 1 aliphatic heterocycles. The normalized spacial score (nSPS) is 14.9.